The van der Waals surface area contributed by atoms with Crippen molar-refractivity contribution in [1.29, 1.82) is 0 Å². The molecule has 2 heterocycles. The number of hydrogen-bond acceptors (Lipinski definition) is 4. The lowest BCUT2D eigenvalue weighted by Crippen LogP contribution is -2.57. The fourth-order valence-corrected chi connectivity index (χ4v) is 3.64. The first-order valence-electron chi connectivity index (χ1n) is 9.29. The van der Waals surface area contributed by atoms with Gasteiger partial charge in [-0.15, -0.1) is 0 Å². The van der Waals surface area contributed by atoms with E-state index in [1.165, 1.54) is 12.8 Å². The van der Waals surface area contributed by atoms with E-state index >= 15 is 0 Å². The summed E-state index contributed by atoms with van der Waals surface area (Å²) in [5, 5.41) is 17.3. The molecule has 3 rings (SSSR count). The molecule has 2 N–H and O–H groups in total. The van der Waals surface area contributed by atoms with E-state index in [4.69, 9.17) is 0 Å². The van der Waals surface area contributed by atoms with Crippen molar-refractivity contribution in [2.24, 2.45) is 5.92 Å². The number of rotatable bonds is 5. The molecule has 140 valence electrons. The van der Waals surface area contributed by atoms with Crippen LogP contribution in [0.15, 0.2) is 12.4 Å². The van der Waals surface area contributed by atoms with Crippen molar-refractivity contribution in [2.45, 2.75) is 58.2 Å². The summed E-state index contributed by atoms with van der Waals surface area (Å²) in [6, 6.07) is 0.431. The van der Waals surface area contributed by atoms with Crippen molar-refractivity contribution in [3.63, 3.8) is 0 Å². The van der Waals surface area contributed by atoms with Crippen LogP contribution in [0.4, 0.5) is 10.5 Å². The number of piperazine rings is 1. The van der Waals surface area contributed by atoms with Gasteiger partial charge in [-0.05, 0) is 46.5 Å². The minimum absolute atomic E-state index is 0.0750. The average molecular weight is 349 g/mol. The summed E-state index contributed by atoms with van der Waals surface area (Å²) in [7, 11) is 0. The number of β-amino-alcohol motifs (C(OH)–C–C–N with tert-alkyl or cyclic N) is 1. The van der Waals surface area contributed by atoms with E-state index in [0.29, 0.717) is 19.1 Å². The molecular weight excluding hydrogens is 318 g/mol. The number of aliphatic hydroxyl groups is 1. The smallest absolute Gasteiger partial charge is 0.322 e. The van der Waals surface area contributed by atoms with Crippen molar-refractivity contribution < 1.29 is 9.90 Å². The van der Waals surface area contributed by atoms with Gasteiger partial charge in [0, 0.05) is 38.4 Å². The molecule has 1 aromatic rings. The van der Waals surface area contributed by atoms with E-state index < -0.39 is 5.60 Å². The topological polar surface area (TPSA) is 73.6 Å². The first-order valence-corrected chi connectivity index (χ1v) is 9.29. The minimum Gasteiger partial charge on any atom is -0.389 e. The second-order valence-corrected chi connectivity index (χ2v) is 8.31. The second kappa shape index (κ2) is 6.96. The molecule has 0 aromatic carbocycles. The Labute approximate surface area is 150 Å². The zero-order valence-electron chi connectivity index (χ0n) is 15.8. The number of nitrogens with zero attached hydrogens (tertiary/aromatic N) is 4. The van der Waals surface area contributed by atoms with Crippen molar-refractivity contribution in [3.8, 4) is 0 Å². The minimum atomic E-state index is -0.711. The van der Waals surface area contributed by atoms with E-state index in [9.17, 15) is 9.90 Å². The van der Waals surface area contributed by atoms with Gasteiger partial charge in [-0.1, -0.05) is 0 Å². The molecule has 2 fully saturated rings. The molecule has 0 unspecified atom stereocenters. The summed E-state index contributed by atoms with van der Waals surface area (Å²) in [5.41, 5.74) is 0.0420. The normalized spacial score (nSPS) is 23.6. The van der Waals surface area contributed by atoms with Crippen LogP contribution in [0.1, 0.15) is 46.6 Å². The molecule has 1 saturated carbocycles. The molecule has 0 bridgehead atoms. The third kappa shape index (κ3) is 4.73. The molecular formula is C18H31N5O2. The second-order valence-electron chi connectivity index (χ2n) is 8.31. The first kappa shape index (κ1) is 18.2. The molecule has 2 aliphatic rings. The van der Waals surface area contributed by atoms with E-state index in [2.05, 4.69) is 29.2 Å². The van der Waals surface area contributed by atoms with Crippen molar-refractivity contribution >= 4 is 11.7 Å². The SMILES string of the molecule is C[C@H]1CN(CC(C)(C)O)CCN1C(=O)Nc1cnn([C@@H](C)C2CC2)c1. The zero-order chi connectivity index (χ0) is 18.2. The van der Waals surface area contributed by atoms with Crippen LogP contribution in [0.5, 0.6) is 0 Å². The lowest BCUT2D eigenvalue weighted by Gasteiger charge is -2.41. The maximum absolute atomic E-state index is 12.6. The Morgan fingerprint density at radius 2 is 2.16 bits per heavy atom. The molecule has 2 atom stereocenters. The summed E-state index contributed by atoms with van der Waals surface area (Å²) in [6.07, 6.45) is 6.20. The van der Waals surface area contributed by atoms with Gasteiger partial charge in [0.2, 0.25) is 0 Å². The third-order valence-electron chi connectivity index (χ3n) is 5.16. The van der Waals surface area contributed by atoms with Crippen LogP contribution < -0.4 is 5.32 Å². The van der Waals surface area contributed by atoms with E-state index in [1.807, 2.05) is 29.6 Å². The highest BCUT2D eigenvalue weighted by molar-refractivity contribution is 5.89. The number of nitrogens with one attached hydrogen (secondary N) is 1. The Kier molecular flexibility index (Phi) is 5.06. The molecule has 1 aromatic heterocycles. The molecule has 2 amide bonds. The summed E-state index contributed by atoms with van der Waals surface area (Å²) >= 11 is 0. The van der Waals surface area contributed by atoms with Crippen LogP contribution in [0.3, 0.4) is 0 Å². The summed E-state index contributed by atoms with van der Waals surface area (Å²) in [5.74, 6) is 0.729. The highest BCUT2D eigenvalue weighted by Gasteiger charge is 2.31. The quantitative estimate of drug-likeness (QED) is 0.854. The standard InChI is InChI=1S/C18H31N5O2/c1-13-10-21(12-18(3,4)25)7-8-22(13)17(24)20-16-9-19-23(11-16)14(2)15-5-6-15/h9,11,13-15,25H,5-8,10,12H2,1-4H3,(H,20,24)/t13-,14-/m0/s1. The average Bonchev–Trinajstić information content (AvgIpc) is 3.25. The molecule has 1 saturated heterocycles. The molecule has 7 heteroatoms. The first-order chi connectivity index (χ1) is 11.7. The largest absolute Gasteiger partial charge is 0.389 e. The van der Waals surface area contributed by atoms with Gasteiger partial charge in [0.15, 0.2) is 0 Å². The van der Waals surface area contributed by atoms with Gasteiger partial charge in [-0.3, -0.25) is 9.58 Å². The van der Waals surface area contributed by atoms with Gasteiger partial charge >= 0.3 is 6.03 Å². The molecule has 0 radical (unpaired) electrons. The number of carbonyl (C=O) groups excluding carboxylic acids is 1. The van der Waals surface area contributed by atoms with Crippen molar-refractivity contribution in [1.82, 2.24) is 19.6 Å². The monoisotopic (exact) mass is 349 g/mol. The van der Waals surface area contributed by atoms with Crippen LogP contribution in [-0.2, 0) is 0 Å². The van der Waals surface area contributed by atoms with Gasteiger partial charge < -0.3 is 15.3 Å². The summed E-state index contributed by atoms with van der Waals surface area (Å²) in [4.78, 5) is 16.7. The van der Waals surface area contributed by atoms with Crippen LogP contribution in [-0.4, -0.2) is 68.5 Å². The number of amides is 2. The molecule has 25 heavy (non-hydrogen) atoms. The van der Waals surface area contributed by atoms with E-state index in [0.717, 1.165) is 24.7 Å². The van der Waals surface area contributed by atoms with Crippen molar-refractivity contribution in [3.05, 3.63) is 12.4 Å². The number of anilines is 1. The molecule has 1 aliphatic heterocycles. The zero-order valence-corrected chi connectivity index (χ0v) is 15.8. The lowest BCUT2D eigenvalue weighted by atomic mass is 10.1. The summed E-state index contributed by atoms with van der Waals surface area (Å²) in [6.45, 7) is 10.7. The Morgan fingerprint density at radius 1 is 1.44 bits per heavy atom. The molecule has 0 spiro atoms. The van der Waals surface area contributed by atoms with Gasteiger partial charge in [0.05, 0.1) is 23.5 Å². The van der Waals surface area contributed by atoms with Gasteiger partial charge in [0.1, 0.15) is 0 Å². The Hall–Kier alpha value is -1.60. The lowest BCUT2D eigenvalue weighted by molar-refractivity contribution is 0.0130. The van der Waals surface area contributed by atoms with Crippen LogP contribution >= 0.6 is 0 Å². The number of carbonyl (C=O) groups is 1. The Balaban J connectivity index is 1.53. The Morgan fingerprint density at radius 3 is 2.76 bits per heavy atom. The van der Waals surface area contributed by atoms with E-state index in [-0.39, 0.29) is 12.1 Å². The Bertz CT molecular complexity index is 605. The van der Waals surface area contributed by atoms with Crippen LogP contribution in [0.25, 0.3) is 0 Å². The predicted octanol–water partition coefficient (Wildman–Crippen LogP) is 2.16. The van der Waals surface area contributed by atoms with Crippen molar-refractivity contribution in [2.75, 3.05) is 31.5 Å². The maximum Gasteiger partial charge on any atom is 0.322 e. The fourth-order valence-electron chi connectivity index (χ4n) is 3.64. The van der Waals surface area contributed by atoms with E-state index in [1.54, 1.807) is 6.20 Å². The van der Waals surface area contributed by atoms with Gasteiger partial charge in [0.25, 0.3) is 0 Å². The summed E-state index contributed by atoms with van der Waals surface area (Å²) < 4.78 is 1.96. The third-order valence-corrected chi connectivity index (χ3v) is 5.16. The fraction of sp³-hybridized carbons (Fsp3) is 0.778. The number of hydrogen-bond donors (Lipinski definition) is 2. The van der Waals surface area contributed by atoms with Gasteiger partial charge in [-0.25, -0.2) is 4.79 Å². The molecule has 7 nitrogen and oxygen atoms in total. The maximum atomic E-state index is 12.6. The van der Waals surface area contributed by atoms with Crippen LogP contribution in [0, 0.1) is 5.92 Å². The van der Waals surface area contributed by atoms with Crippen LogP contribution in [0.2, 0.25) is 0 Å². The highest BCUT2D eigenvalue weighted by Crippen LogP contribution is 2.39. The highest BCUT2D eigenvalue weighted by atomic mass is 16.3. The molecule has 1 aliphatic carbocycles. The number of aromatic nitrogens is 2. The number of urea groups is 1. The van der Waals surface area contributed by atoms with Gasteiger partial charge in [-0.2, -0.15) is 5.10 Å². The predicted molar refractivity (Wildman–Crippen MR) is 97.6 cm³/mol.